The highest BCUT2D eigenvalue weighted by molar-refractivity contribution is 6.62. The normalized spacial score (nSPS) is 15.8. The summed E-state index contributed by atoms with van der Waals surface area (Å²) in [4.78, 5) is 19.0. The van der Waals surface area contributed by atoms with Gasteiger partial charge in [0, 0.05) is 18.5 Å². The third-order valence-electron chi connectivity index (χ3n) is 6.87. The topological polar surface area (TPSA) is 71.2 Å². The molecule has 7 nitrogen and oxygen atoms in total. The molecule has 1 aromatic heterocycles. The van der Waals surface area contributed by atoms with Crippen molar-refractivity contribution in [2.45, 2.75) is 59.0 Å². The van der Waals surface area contributed by atoms with E-state index in [1.807, 2.05) is 52.8 Å². The zero-order chi connectivity index (χ0) is 26.8. The average molecular weight is 519 g/mol. The fourth-order valence-electron chi connectivity index (χ4n) is 3.89. The highest BCUT2D eigenvalue weighted by atomic mass is 35.5. The number of aromatic nitrogens is 1. The van der Waals surface area contributed by atoms with Crippen LogP contribution in [0.15, 0.2) is 48.8 Å². The lowest BCUT2D eigenvalue weighted by atomic mass is 9.75. The Kier molecular flexibility index (Phi) is 7.60. The number of nitrogens with zero attached hydrogens (tertiary/aromatic N) is 2. The molecule has 37 heavy (non-hydrogen) atoms. The van der Waals surface area contributed by atoms with Gasteiger partial charge in [-0.25, -0.2) is 4.85 Å². The molecule has 3 aromatic rings. The Morgan fingerprint density at radius 1 is 1.05 bits per heavy atom. The molecule has 0 unspecified atom stereocenters. The molecule has 4 rings (SSSR count). The second kappa shape index (κ2) is 10.5. The molecular weight excluding hydrogens is 491 g/mol. The van der Waals surface area contributed by atoms with Gasteiger partial charge in [0.05, 0.1) is 28.4 Å². The first-order valence-electron chi connectivity index (χ1n) is 11.8. The van der Waals surface area contributed by atoms with Gasteiger partial charge in [0.1, 0.15) is 24.7 Å². The van der Waals surface area contributed by atoms with Gasteiger partial charge in [-0.2, -0.15) is 0 Å². The summed E-state index contributed by atoms with van der Waals surface area (Å²) in [6, 6.07) is 10.7. The maximum absolute atomic E-state index is 11.6. The Labute approximate surface area is 222 Å². The largest absolute Gasteiger partial charge is 0.495 e. The fourth-order valence-corrected chi connectivity index (χ4v) is 4.12. The molecule has 0 saturated carbocycles. The second-order valence-electron chi connectivity index (χ2n) is 9.90. The van der Waals surface area contributed by atoms with Crippen LogP contribution in [0.5, 0.6) is 11.5 Å². The smallest absolute Gasteiger partial charge is 0.488 e. The molecule has 0 radical (unpaired) electrons. The van der Waals surface area contributed by atoms with Gasteiger partial charge in [0.2, 0.25) is 5.69 Å². The summed E-state index contributed by atoms with van der Waals surface area (Å²) in [5.74, 6) is 0.709. The SMILES string of the molecule is [C-]#[N+]c1cncc(COc2cc(OCc3cccc(B4OC(C)(C)C(C)(C)O4)c3C)c(Cl)cc2C=O)c1. The summed E-state index contributed by atoms with van der Waals surface area (Å²) >= 11 is 6.42. The Bertz CT molecular complexity index is 1350. The fraction of sp³-hybridized carbons (Fsp3) is 0.321. The summed E-state index contributed by atoms with van der Waals surface area (Å²) in [6.07, 6.45) is 3.76. The van der Waals surface area contributed by atoms with Crippen LogP contribution in [-0.4, -0.2) is 29.6 Å². The lowest BCUT2D eigenvalue weighted by Crippen LogP contribution is -2.41. The third kappa shape index (κ3) is 5.64. The van der Waals surface area contributed by atoms with Gasteiger partial charge in [-0.15, -0.1) is 0 Å². The quantitative estimate of drug-likeness (QED) is 0.211. The summed E-state index contributed by atoms with van der Waals surface area (Å²) in [5, 5.41) is 0.297. The minimum atomic E-state index is -0.476. The van der Waals surface area contributed by atoms with Crippen LogP contribution in [-0.2, 0) is 22.5 Å². The van der Waals surface area contributed by atoms with E-state index in [0.29, 0.717) is 39.6 Å². The highest BCUT2D eigenvalue weighted by Gasteiger charge is 2.52. The Morgan fingerprint density at radius 2 is 1.76 bits per heavy atom. The predicted octanol–water partition coefficient (Wildman–Crippen LogP) is 5.86. The maximum atomic E-state index is 11.6. The number of ether oxygens (including phenoxy) is 2. The molecular formula is C28H28BClN2O5. The number of hydrogen-bond donors (Lipinski definition) is 0. The van der Waals surface area contributed by atoms with Crippen molar-refractivity contribution in [3.63, 3.8) is 0 Å². The molecule has 9 heteroatoms. The van der Waals surface area contributed by atoms with Crippen LogP contribution in [0.2, 0.25) is 5.02 Å². The van der Waals surface area contributed by atoms with E-state index in [2.05, 4.69) is 9.83 Å². The first-order chi connectivity index (χ1) is 17.5. The summed E-state index contributed by atoms with van der Waals surface area (Å²) in [6.45, 7) is 17.6. The van der Waals surface area contributed by atoms with Gasteiger partial charge in [-0.1, -0.05) is 29.8 Å². The van der Waals surface area contributed by atoms with E-state index in [1.54, 1.807) is 18.3 Å². The van der Waals surface area contributed by atoms with Gasteiger partial charge in [-0.05, 0) is 68.9 Å². The Hall–Kier alpha value is -3.38. The van der Waals surface area contributed by atoms with Crippen LogP contribution >= 0.6 is 11.6 Å². The zero-order valence-corrected chi connectivity index (χ0v) is 22.3. The van der Waals surface area contributed by atoms with Crippen LogP contribution in [0.3, 0.4) is 0 Å². The molecule has 0 N–H and O–H groups in total. The Morgan fingerprint density at radius 3 is 2.43 bits per heavy atom. The van der Waals surface area contributed by atoms with Crippen molar-refractivity contribution in [1.29, 1.82) is 0 Å². The van der Waals surface area contributed by atoms with E-state index >= 15 is 0 Å². The molecule has 0 amide bonds. The van der Waals surface area contributed by atoms with Gasteiger partial charge >= 0.3 is 7.12 Å². The van der Waals surface area contributed by atoms with E-state index in [4.69, 9.17) is 37.0 Å². The molecule has 2 aromatic carbocycles. The van der Waals surface area contributed by atoms with Crippen LogP contribution in [0.1, 0.15) is 54.7 Å². The second-order valence-corrected chi connectivity index (χ2v) is 10.3. The standard InChI is InChI=1S/C28H28BClN2O5/c1-18-20(8-7-9-23(18)29-36-27(2,3)28(4,5)37-29)17-35-26-12-25(21(15-33)11-24(26)30)34-16-19-10-22(31-6)14-32-13-19/h7-15H,16-17H2,1-5H3. The number of rotatable bonds is 8. The average Bonchev–Trinajstić information content (AvgIpc) is 3.09. The van der Waals surface area contributed by atoms with Crippen LogP contribution in [0.25, 0.3) is 4.85 Å². The van der Waals surface area contributed by atoms with Crippen LogP contribution in [0.4, 0.5) is 5.69 Å². The molecule has 0 aliphatic carbocycles. The first-order valence-corrected chi connectivity index (χ1v) is 12.2. The highest BCUT2D eigenvalue weighted by Crippen LogP contribution is 2.37. The van der Waals surface area contributed by atoms with Crippen LogP contribution in [0, 0.1) is 13.5 Å². The molecule has 1 aliphatic heterocycles. The van der Waals surface area contributed by atoms with Crippen LogP contribution < -0.4 is 14.9 Å². The zero-order valence-electron chi connectivity index (χ0n) is 21.5. The third-order valence-corrected chi connectivity index (χ3v) is 7.17. The Balaban J connectivity index is 1.51. The van der Waals surface area contributed by atoms with Crippen molar-refractivity contribution < 1.29 is 23.6 Å². The van der Waals surface area contributed by atoms with Crippen molar-refractivity contribution in [1.82, 2.24) is 4.98 Å². The van der Waals surface area contributed by atoms with Gasteiger partial charge in [0.25, 0.3) is 0 Å². The molecule has 1 aliphatic rings. The number of pyridine rings is 1. The summed E-state index contributed by atoms with van der Waals surface area (Å²) in [7, 11) is -0.476. The monoisotopic (exact) mass is 518 g/mol. The van der Waals surface area contributed by atoms with Crippen molar-refractivity contribution in [3.05, 3.63) is 87.5 Å². The number of benzene rings is 2. The van der Waals surface area contributed by atoms with Gasteiger partial charge in [-0.3, -0.25) is 9.78 Å². The predicted molar refractivity (Wildman–Crippen MR) is 143 cm³/mol. The number of halogens is 1. The summed E-state index contributed by atoms with van der Waals surface area (Å²) < 4.78 is 24.4. The van der Waals surface area contributed by atoms with Crippen molar-refractivity contribution >= 4 is 36.2 Å². The molecule has 0 bridgehead atoms. The van der Waals surface area contributed by atoms with Crippen molar-refractivity contribution in [3.8, 4) is 11.5 Å². The molecule has 0 atom stereocenters. The molecule has 190 valence electrons. The van der Waals surface area contributed by atoms with E-state index < -0.39 is 18.3 Å². The minimum absolute atomic E-state index is 0.132. The number of hydrogen-bond acceptors (Lipinski definition) is 6. The number of aldehydes is 1. The first kappa shape index (κ1) is 26.7. The minimum Gasteiger partial charge on any atom is -0.488 e. The summed E-state index contributed by atoms with van der Waals surface area (Å²) in [5.41, 5.74) is 3.44. The number of carbonyl (C=O) groups is 1. The molecule has 2 heterocycles. The van der Waals surface area contributed by atoms with Gasteiger partial charge < -0.3 is 18.8 Å². The van der Waals surface area contributed by atoms with E-state index in [1.165, 1.54) is 12.3 Å². The lowest BCUT2D eigenvalue weighted by Gasteiger charge is -2.32. The molecule has 1 saturated heterocycles. The van der Waals surface area contributed by atoms with E-state index in [0.717, 1.165) is 16.6 Å². The number of carbonyl (C=O) groups excluding carboxylic acids is 1. The maximum Gasteiger partial charge on any atom is 0.495 e. The van der Waals surface area contributed by atoms with Crippen molar-refractivity contribution in [2.75, 3.05) is 0 Å². The van der Waals surface area contributed by atoms with Crippen molar-refractivity contribution in [2.24, 2.45) is 0 Å². The molecule has 0 spiro atoms. The lowest BCUT2D eigenvalue weighted by molar-refractivity contribution is 0.00578. The van der Waals surface area contributed by atoms with E-state index in [-0.39, 0.29) is 13.2 Å². The van der Waals surface area contributed by atoms with E-state index in [9.17, 15) is 4.79 Å². The molecule has 1 fully saturated rings. The van der Waals surface area contributed by atoms with Gasteiger partial charge in [0.15, 0.2) is 6.29 Å².